The van der Waals surface area contributed by atoms with Gasteiger partial charge in [0.1, 0.15) is 0 Å². The summed E-state index contributed by atoms with van der Waals surface area (Å²) in [5.41, 5.74) is 1.93. The summed E-state index contributed by atoms with van der Waals surface area (Å²) >= 11 is 0. The van der Waals surface area contributed by atoms with Crippen LogP contribution in [0.4, 0.5) is 5.69 Å². The van der Waals surface area contributed by atoms with Crippen molar-refractivity contribution in [1.29, 1.82) is 0 Å². The van der Waals surface area contributed by atoms with E-state index < -0.39 is 24.0 Å². The van der Waals surface area contributed by atoms with E-state index in [0.717, 1.165) is 44.9 Å². The zero-order chi connectivity index (χ0) is 21.8. The van der Waals surface area contributed by atoms with Crippen molar-refractivity contribution in [2.24, 2.45) is 23.7 Å². The van der Waals surface area contributed by atoms with Gasteiger partial charge in [-0.2, -0.15) is 0 Å². The molecule has 1 aromatic rings. The Kier molecular flexibility index (Phi) is 5.58. The Hall–Kier alpha value is -1.18. The SMILES string of the molecule is C[C@@H]1CC[C@H]2[C@@H](CCCc3ccc(N(C)C)cc3)C(O)O[C@@H]3O[C@@]4(C)CC[C@@H]1[C@]32OO4. The molecule has 5 aliphatic rings. The summed E-state index contributed by atoms with van der Waals surface area (Å²) in [6, 6.07) is 8.73. The highest BCUT2D eigenvalue weighted by atomic mass is 17.3. The molecule has 1 N–H and O–H groups in total. The van der Waals surface area contributed by atoms with Gasteiger partial charge in [-0.25, -0.2) is 9.78 Å². The highest BCUT2D eigenvalue weighted by Crippen LogP contribution is 2.60. The minimum atomic E-state index is -0.822. The number of hydrogen-bond acceptors (Lipinski definition) is 6. The average molecular weight is 432 g/mol. The minimum Gasteiger partial charge on any atom is -0.378 e. The first-order chi connectivity index (χ1) is 14.8. The minimum absolute atomic E-state index is 0.0296. The van der Waals surface area contributed by atoms with Gasteiger partial charge in [-0.15, -0.1) is 0 Å². The zero-order valence-electron chi connectivity index (χ0n) is 19.3. The lowest BCUT2D eigenvalue weighted by molar-refractivity contribution is -0.577. The molecule has 1 unspecified atom stereocenters. The third-order valence-corrected chi connectivity index (χ3v) is 8.38. The molecule has 8 atom stereocenters. The lowest BCUT2D eigenvalue weighted by atomic mass is 9.57. The lowest BCUT2D eigenvalue weighted by Gasteiger charge is -2.60. The molecule has 4 aliphatic heterocycles. The second-order valence-electron chi connectivity index (χ2n) is 10.6. The molecule has 1 saturated carbocycles. The summed E-state index contributed by atoms with van der Waals surface area (Å²) in [5.74, 6) is 0.279. The second-order valence-corrected chi connectivity index (χ2v) is 10.6. The third kappa shape index (κ3) is 3.61. The molecule has 1 spiro atoms. The number of fused-ring (bicyclic) bond motifs is 2. The molecule has 2 bridgehead atoms. The maximum Gasteiger partial charge on any atom is 0.201 e. The number of aliphatic hydroxyl groups is 1. The van der Waals surface area contributed by atoms with Crippen molar-refractivity contribution in [3.63, 3.8) is 0 Å². The number of ether oxygens (including phenoxy) is 2. The standard InChI is InChI=1S/C25H37NO5/c1-16-8-13-21-19(7-5-6-17-9-11-18(12-10-17)26(3)4)22(27)28-23-25(21)20(16)14-15-24(2,29-23)30-31-25/h9-12,16,19-23,27H,5-8,13-15H2,1-4H3/t16-,19-,20+,21+,22?,23-,24-,25-/m1/s1. The molecular weight excluding hydrogens is 394 g/mol. The smallest absolute Gasteiger partial charge is 0.201 e. The van der Waals surface area contributed by atoms with E-state index in [9.17, 15) is 5.11 Å². The van der Waals surface area contributed by atoms with Crippen LogP contribution in [0.15, 0.2) is 24.3 Å². The maximum absolute atomic E-state index is 11.0. The molecule has 0 radical (unpaired) electrons. The van der Waals surface area contributed by atoms with Crippen LogP contribution in [0.3, 0.4) is 0 Å². The Labute approximate surface area is 185 Å². The first-order valence-electron chi connectivity index (χ1n) is 12.0. The Balaban J connectivity index is 1.32. The van der Waals surface area contributed by atoms with E-state index in [1.807, 2.05) is 6.92 Å². The first kappa shape index (κ1) is 21.7. The number of nitrogens with zero attached hydrogens (tertiary/aromatic N) is 1. The van der Waals surface area contributed by atoms with E-state index in [2.05, 4.69) is 50.2 Å². The molecule has 0 aromatic heterocycles. The van der Waals surface area contributed by atoms with E-state index in [4.69, 9.17) is 19.2 Å². The molecule has 4 heterocycles. The number of benzene rings is 1. The second kappa shape index (κ2) is 7.99. The van der Waals surface area contributed by atoms with Gasteiger partial charge in [0.05, 0.1) is 0 Å². The van der Waals surface area contributed by atoms with Crippen LogP contribution in [-0.4, -0.2) is 43.2 Å². The van der Waals surface area contributed by atoms with Gasteiger partial charge in [-0.3, -0.25) is 0 Å². The Bertz CT molecular complexity index is 785. The maximum atomic E-state index is 11.0. The van der Waals surface area contributed by atoms with E-state index in [1.165, 1.54) is 11.3 Å². The van der Waals surface area contributed by atoms with Gasteiger partial charge in [0.25, 0.3) is 0 Å². The summed E-state index contributed by atoms with van der Waals surface area (Å²) in [5, 5.41) is 11.0. The number of rotatable bonds is 5. The number of hydrogen-bond donors (Lipinski definition) is 1. The van der Waals surface area contributed by atoms with Crippen LogP contribution < -0.4 is 4.90 Å². The van der Waals surface area contributed by atoms with E-state index in [0.29, 0.717) is 11.8 Å². The largest absolute Gasteiger partial charge is 0.378 e. The topological polar surface area (TPSA) is 60.4 Å². The van der Waals surface area contributed by atoms with Crippen LogP contribution >= 0.6 is 0 Å². The van der Waals surface area contributed by atoms with Crippen molar-refractivity contribution in [2.45, 2.75) is 82.8 Å². The summed E-state index contributed by atoms with van der Waals surface area (Å²) in [7, 11) is 4.11. The fraction of sp³-hybridized carbons (Fsp3) is 0.760. The van der Waals surface area contributed by atoms with Crippen LogP contribution in [0, 0.1) is 23.7 Å². The lowest BCUT2D eigenvalue weighted by Crippen LogP contribution is -2.70. The number of aryl methyl sites for hydroxylation is 1. The average Bonchev–Trinajstić information content (AvgIpc) is 2.97. The molecular formula is C25H37NO5. The molecule has 1 aliphatic carbocycles. The molecule has 5 fully saturated rings. The van der Waals surface area contributed by atoms with Gasteiger partial charge in [0.15, 0.2) is 18.2 Å². The first-order valence-corrected chi connectivity index (χ1v) is 12.0. The molecule has 6 nitrogen and oxygen atoms in total. The molecule has 6 heteroatoms. The number of aliphatic hydroxyl groups excluding tert-OH is 1. The van der Waals surface area contributed by atoms with Crippen LogP contribution in [0.2, 0.25) is 0 Å². The van der Waals surface area contributed by atoms with Crippen molar-refractivity contribution in [3.8, 4) is 0 Å². The van der Waals surface area contributed by atoms with Gasteiger partial charge < -0.3 is 19.5 Å². The zero-order valence-corrected chi connectivity index (χ0v) is 19.3. The van der Waals surface area contributed by atoms with Crippen LogP contribution in [0.5, 0.6) is 0 Å². The molecule has 6 rings (SSSR count). The van der Waals surface area contributed by atoms with E-state index in [-0.39, 0.29) is 11.8 Å². The molecule has 4 saturated heterocycles. The molecule has 172 valence electrons. The van der Waals surface area contributed by atoms with Crippen molar-refractivity contribution >= 4 is 5.69 Å². The van der Waals surface area contributed by atoms with Crippen molar-refractivity contribution in [2.75, 3.05) is 19.0 Å². The summed E-state index contributed by atoms with van der Waals surface area (Å²) < 4.78 is 12.4. The van der Waals surface area contributed by atoms with E-state index >= 15 is 0 Å². The van der Waals surface area contributed by atoms with Crippen molar-refractivity contribution < 1.29 is 24.4 Å². The van der Waals surface area contributed by atoms with Crippen LogP contribution in [0.25, 0.3) is 0 Å². The Morgan fingerprint density at radius 2 is 1.84 bits per heavy atom. The normalized spacial score (nSPS) is 43.9. The van der Waals surface area contributed by atoms with Crippen LogP contribution in [-0.2, 0) is 25.7 Å². The molecule has 0 amide bonds. The molecule has 31 heavy (non-hydrogen) atoms. The van der Waals surface area contributed by atoms with Gasteiger partial charge in [-0.1, -0.05) is 19.1 Å². The van der Waals surface area contributed by atoms with Gasteiger partial charge in [0, 0.05) is 38.0 Å². The van der Waals surface area contributed by atoms with E-state index in [1.54, 1.807) is 0 Å². The monoisotopic (exact) mass is 431 g/mol. The predicted octanol–water partition coefficient (Wildman–Crippen LogP) is 4.26. The third-order valence-electron chi connectivity index (χ3n) is 8.38. The summed E-state index contributed by atoms with van der Waals surface area (Å²) in [6.45, 7) is 4.23. The van der Waals surface area contributed by atoms with Gasteiger partial charge in [0.2, 0.25) is 5.79 Å². The fourth-order valence-electron chi connectivity index (χ4n) is 6.58. The van der Waals surface area contributed by atoms with Crippen LogP contribution in [0.1, 0.15) is 57.9 Å². The summed E-state index contributed by atoms with van der Waals surface area (Å²) in [6.07, 6.45) is 5.48. The Morgan fingerprint density at radius 1 is 1.06 bits per heavy atom. The summed E-state index contributed by atoms with van der Waals surface area (Å²) in [4.78, 5) is 14.2. The number of anilines is 1. The van der Waals surface area contributed by atoms with Gasteiger partial charge >= 0.3 is 0 Å². The van der Waals surface area contributed by atoms with Gasteiger partial charge in [-0.05, 0) is 75.0 Å². The predicted molar refractivity (Wildman–Crippen MR) is 117 cm³/mol. The fourth-order valence-corrected chi connectivity index (χ4v) is 6.58. The quantitative estimate of drug-likeness (QED) is 0.703. The Morgan fingerprint density at radius 3 is 2.58 bits per heavy atom. The van der Waals surface area contributed by atoms with Crippen molar-refractivity contribution in [1.82, 2.24) is 0 Å². The highest BCUT2D eigenvalue weighted by Gasteiger charge is 2.69. The van der Waals surface area contributed by atoms with Crippen molar-refractivity contribution in [3.05, 3.63) is 29.8 Å². The highest BCUT2D eigenvalue weighted by molar-refractivity contribution is 5.46. The molecule has 1 aromatic carbocycles.